The summed E-state index contributed by atoms with van der Waals surface area (Å²) in [5, 5.41) is 0. The van der Waals surface area contributed by atoms with Crippen LogP contribution in [0, 0.1) is 11.3 Å². The number of hydrogen-bond donors (Lipinski definition) is 0. The lowest BCUT2D eigenvalue weighted by atomic mass is 9.98. The van der Waals surface area contributed by atoms with Crippen molar-refractivity contribution >= 4 is 5.91 Å². The first kappa shape index (κ1) is 9.00. The Hall–Kier alpha value is -0.570. The van der Waals surface area contributed by atoms with E-state index in [2.05, 4.69) is 6.92 Å². The number of nitrogens with zero attached hydrogens (tertiary/aromatic N) is 1. The van der Waals surface area contributed by atoms with Crippen molar-refractivity contribution in [3.8, 4) is 0 Å². The third kappa shape index (κ3) is 1.46. The maximum atomic E-state index is 11.9. The van der Waals surface area contributed by atoms with Crippen LogP contribution in [0.2, 0.25) is 0 Å². The van der Waals surface area contributed by atoms with E-state index < -0.39 is 0 Å². The Labute approximate surface area is 79.0 Å². The lowest BCUT2D eigenvalue weighted by Crippen LogP contribution is -2.52. The van der Waals surface area contributed by atoms with Crippen molar-refractivity contribution in [3.05, 3.63) is 0 Å². The van der Waals surface area contributed by atoms with Crippen molar-refractivity contribution in [1.29, 1.82) is 0 Å². The molecule has 0 bridgehead atoms. The first-order chi connectivity index (χ1) is 6.18. The van der Waals surface area contributed by atoms with E-state index in [1.54, 1.807) is 7.11 Å². The summed E-state index contributed by atoms with van der Waals surface area (Å²) in [6.45, 7) is 4.69. The molecule has 3 heteroatoms. The van der Waals surface area contributed by atoms with Gasteiger partial charge in [-0.1, -0.05) is 6.92 Å². The second kappa shape index (κ2) is 2.98. The first-order valence-electron chi connectivity index (χ1n) is 4.96. The van der Waals surface area contributed by atoms with E-state index >= 15 is 0 Å². The smallest absolute Gasteiger partial charge is 0.231 e. The van der Waals surface area contributed by atoms with Crippen LogP contribution in [0.15, 0.2) is 0 Å². The van der Waals surface area contributed by atoms with Gasteiger partial charge in [-0.2, -0.15) is 0 Å². The standard InChI is InChI=1S/C10H17NO2/c1-8-5-11(6-8)9(12)10(3-4-10)7-13-2/h8H,3-7H2,1-2H3. The van der Waals surface area contributed by atoms with E-state index in [4.69, 9.17) is 4.74 Å². The molecule has 0 N–H and O–H groups in total. The predicted octanol–water partition coefficient (Wildman–Crippen LogP) is 0.891. The third-order valence-corrected chi connectivity index (χ3v) is 3.08. The van der Waals surface area contributed by atoms with Crippen LogP contribution in [0.3, 0.4) is 0 Å². The Morgan fingerprint density at radius 2 is 2.15 bits per heavy atom. The first-order valence-corrected chi connectivity index (χ1v) is 4.96. The molecular formula is C10H17NO2. The zero-order valence-corrected chi connectivity index (χ0v) is 8.38. The topological polar surface area (TPSA) is 29.5 Å². The summed E-state index contributed by atoms with van der Waals surface area (Å²) in [5.74, 6) is 1.02. The fraction of sp³-hybridized carbons (Fsp3) is 0.900. The van der Waals surface area contributed by atoms with E-state index in [9.17, 15) is 4.79 Å². The van der Waals surface area contributed by atoms with E-state index in [1.807, 2.05) is 4.90 Å². The summed E-state index contributed by atoms with van der Waals surface area (Å²) in [6.07, 6.45) is 2.04. The normalized spacial score (nSPS) is 25.5. The second-order valence-electron chi connectivity index (χ2n) is 4.53. The molecule has 1 aliphatic carbocycles. The monoisotopic (exact) mass is 183 g/mol. The summed E-state index contributed by atoms with van der Waals surface area (Å²) in [7, 11) is 1.67. The molecule has 2 rings (SSSR count). The lowest BCUT2D eigenvalue weighted by molar-refractivity contribution is -0.145. The van der Waals surface area contributed by atoms with E-state index in [-0.39, 0.29) is 5.41 Å². The van der Waals surface area contributed by atoms with Gasteiger partial charge in [-0.15, -0.1) is 0 Å². The van der Waals surface area contributed by atoms with Gasteiger partial charge < -0.3 is 9.64 Å². The van der Waals surface area contributed by atoms with Gasteiger partial charge in [0.05, 0.1) is 12.0 Å². The van der Waals surface area contributed by atoms with Crippen LogP contribution in [-0.4, -0.2) is 37.6 Å². The molecule has 0 atom stereocenters. The minimum Gasteiger partial charge on any atom is -0.384 e. The summed E-state index contributed by atoms with van der Waals surface area (Å²) in [4.78, 5) is 13.9. The number of rotatable bonds is 3. The van der Waals surface area contributed by atoms with Crippen molar-refractivity contribution in [3.63, 3.8) is 0 Å². The number of carbonyl (C=O) groups is 1. The van der Waals surface area contributed by atoms with Gasteiger partial charge in [-0.3, -0.25) is 4.79 Å². The van der Waals surface area contributed by atoms with Gasteiger partial charge >= 0.3 is 0 Å². The van der Waals surface area contributed by atoms with Crippen LogP contribution in [-0.2, 0) is 9.53 Å². The van der Waals surface area contributed by atoms with E-state index in [0.717, 1.165) is 25.9 Å². The fourth-order valence-corrected chi connectivity index (χ4v) is 2.05. The van der Waals surface area contributed by atoms with Crippen molar-refractivity contribution < 1.29 is 9.53 Å². The number of methoxy groups -OCH3 is 1. The highest BCUT2D eigenvalue weighted by Gasteiger charge is 2.53. The van der Waals surface area contributed by atoms with Crippen LogP contribution >= 0.6 is 0 Å². The van der Waals surface area contributed by atoms with Gasteiger partial charge in [0.1, 0.15) is 0 Å². The summed E-state index contributed by atoms with van der Waals surface area (Å²) in [6, 6.07) is 0. The van der Waals surface area contributed by atoms with Crippen LogP contribution < -0.4 is 0 Å². The zero-order chi connectivity index (χ0) is 9.47. The van der Waals surface area contributed by atoms with Crippen LogP contribution in [0.1, 0.15) is 19.8 Å². The lowest BCUT2D eigenvalue weighted by Gasteiger charge is -2.39. The Bertz CT molecular complexity index is 217. The maximum Gasteiger partial charge on any atom is 0.231 e. The Morgan fingerprint density at radius 1 is 1.54 bits per heavy atom. The van der Waals surface area contributed by atoms with Crippen molar-refractivity contribution in [1.82, 2.24) is 4.90 Å². The van der Waals surface area contributed by atoms with Crippen molar-refractivity contribution in [2.45, 2.75) is 19.8 Å². The molecule has 0 radical (unpaired) electrons. The fourth-order valence-electron chi connectivity index (χ4n) is 2.05. The van der Waals surface area contributed by atoms with Crippen LogP contribution in [0.4, 0.5) is 0 Å². The summed E-state index contributed by atoms with van der Waals surface area (Å²) in [5.41, 5.74) is -0.116. The Balaban J connectivity index is 1.90. The molecule has 3 nitrogen and oxygen atoms in total. The average Bonchev–Trinajstić information content (AvgIpc) is 2.80. The van der Waals surface area contributed by atoms with Gasteiger partial charge in [0.2, 0.25) is 5.91 Å². The minimum absolute atomic E-state index is 0.116. The van der Waals surface area contributed by atoms with Gasteiger partial charge in [-0.25, -0.2) is 0 Å². The molecule has 2 fully saturated rings. The largest absolute Gasteiger partial charge is 0.384 e. The zero-order valence-electron chi connectivity index (χ0n) is 8.38. The van der Waals surface area contributed by atoms with Gasteiger partial charge in [-0.05, 0) is 18.8 Å². The molecule has 74 valence electrons. The summed E-state index contributed by atoms with van der Waals surface area (Å²) >= 11 is 0. The quantitative estimate of drug-likeness (QED) is 0.650. The highest BCUT2D eigenvalue weighted by Crippen LogP contribution is 2.48. The van der Waals surface area contributed by atoms with Gasteiger partial charge in [0.15, 0.2) is 0 Å². The van der Waals surface area contributed by atoms with Gasteiger partial charge in [0.25, 0.3) is 0 Å². The molecule has 1 saturated carbocycles. The van der Waals surface area contributed by atoms with E-state index in [0.29, 0.717) is 18.4 Å². The minimum atomic E-state index is -0.116. The highest BCUT2D eigenvalue weighted by atomic mass is 16.5. The third-order valence-electron chi connectivity index (χ3n) is 3.08. The number of likely N-dealkylation sites (tertiary alicyclic amines) is 1. The summed E-state index contributed by atoms with van der Waals surface area (Å²) < 4.78 is 5.09. The van der Waals surface area contributed by atoms with Crippen molar-refractivity contribution in [2.24, 2.45) is 11.3 Å². The van der Waals surface area contributed by atoms with Gasteiger partial charge in [0, 0.05) is 20.2 Å². The number of hydrogen-bond acceptors (Lipinski definition) is 2. The molecule has 1 aliphatic heterocycles. The average molecular weight is 183 g/mol. The molecule has 0 spiro atoms. The highest BCUT2D eigenvalue weighted by molar-refractivity contribution is 5.86. The molecule has 1 amide bonds. The molecule has 0 aromatic heterocycles. The molecule has 0 aromatic carbocycles. The number of ether oxygens (including phenoxy) is 1. The number of carbonyl (C=O) groups excluding carboxylic acids is 1. The van der Waals surface area contributed by atoms with E-state index in [1.165, 1.54) is 0 Å². The molecular weight excluding hydrogens is 166 g/mol. The Kier molecular flexibility index (Phi) is 2.06. The molecule has 0 unspecified atom stereocenters. The SMILES string of the molecule is COCC1(C(=O)N2CC(C)C2)CC1. The molecule has 13 heavy (non-hydrogen) atoms. The molecule has 0 aromatic rings. The molecule has 1 saturated heterocycles. The number of amides is 1. The maximum absolute atomic E-state index is 11.9. The van der Waals surface area contributed by atoms with Crippen LogP contribution in [0.25, 0.3) is 0 Å². The van der Waals surface area contributed by atoms with Crippen LogP contribution in [0.5, 0.6) is 0 Å². The Morgan fingerprint density at radius 3 is 2.54 bits per heavy atom. The second-order valence-corrected chi connectivity index (χ2v) is 4.53. The molecule has 1 heterocycles. The predicted molar refractivity (Wildman–Crippen MR) is 49.3 cm³/mol. The van der Waals surface area contributed by atoms with Crippen molar-refractivity contribution in [2.75, 3.05) is 26.8 Å². The molecule has 2 aliphatic rings.